The van der Waals surface area contributed by atoms with Crippen molar-refractivity contribution in [1.29, 1.82) is 0 Å². The first kappa shape index (κ1) is 26.4. The van der Waals surface area contributed by atoms with Crippen LogP contribution >= 0.6 is 0 Å². The van der Waals surface area contributed by atoms with Gasteiger partial charge in [0.2, 0.25) is 0 Å². The SMILES string of the molecule is CCCCCC1CCCCC1CCCOc1ccc(-c2ccc(-c3ncc(CCC)cn3)cc2)cc1. The van der Waals surface area contributed by atoms with E-state index >= 15 is 0 Å². The van der Waals surface area contributed by atoms with Gasteiger partial charge in [-0.25, -0.2) is 9.97 Å². The molecule has 2 unspecified atom stereocenters. The van der Waals surface area contributed by atoms with Crippen molar-refractivity contribution in [3.8, 4) is 28.3 Å². The molecule has 1 aromatic heterocycles. The van der Waals surface area contributed by atoms with E-state index in [1.807, 2.05) is 12.4 Å². The first-order valence-corrected chi connectivity index (χ1v) is 14.4. The molecule has 2 atom stereocenters. The fourth-order valence-electron chi connectivity index (χ4n) is 5.71. The second-order valence-corrected chi connectivity index (χ2v) is 10.6. The molecule has 36 heavy (non-hydrogen) atoms. The molecule has 1 fully saturated rings. The molecular formula is C33H44N2O. The van der Waals surface area contributed by atoms with Gasteiger partial charge in [-0.1, -0.05) is 108 Å². The number of unbranched alkanes of at least 4 members (excludes halogenated alkanes) is 2. The molecule has 4 rings (SSSR count). The summed E-state index contributed by atoms with van der Waals surface area (Å²) >= 11 is 0. The molecule has 1 aliphatic carbocycles. The van der Waals surface area contributed by atoms with Gasteiger partial charge < -0.3 is 4.74 Å². The Balaban J connectivity index is 1.24. The van der Waals surface area contributed by atoms with Crippen LogP contribution < -0.4 is 4.74 Å². The number of nitrogens with zero attached hydrogens (tertiary/aromatic N) is 2. The second kappa shape index (κ2) is 14.2. The predicted octanol–water partition coefficient (Wildman–Crippen LogP) is 9.31. The Bertz CT molecular complexity index is 1010. The molecule has 2 aromatic carbocycles. The van der Waals surface area contributed by atoms with Crippen molar-refractivity contribution in [1.82, 2.24) is 9.97 Å². The predicted molar refractivity (Wildman–Crippen MR) is 151 cm³/mol. The van der Waals surface area contributed by atoms with Crippen molar-refractivity contribution in [3.05, 3.63) is 66.5 Å². The van der Waals surface area contributed by atoms with Crippen molar-refractivity contribution in [3.63, 3.8) is 0 Å². The van der Waals surface area contributed by atoms with E-state index in [1.54, 1.807) is 0 Å². The van der Waals surface area contributed by atoms with Crippen molar-refractivity contribution < 1.29 is 4.74 Å². The van der Waals surface area contributed by atoms with E-state index < -0.39 is 0 Å². The third-order valence-electron chi connectivity index (χ3n) is 7.81. The zero-order chi connectivity index (χ0) is 25.0. The van der Waals surface area contributed by atoms with Crippen LogP contribution in [0.2, 0.25) is 0 Å². The Hall–Kier alpha value is -2.68. The van der Waals surface area contributed by atoms with Crippen molar-refractivity contribution in [2.45, 2.75) is 90.9 Å². The highest BCUT2D eigenvalue weighted by atomic mass is 16.5. The van der Waals surface area contributed by atoms with E-state index in [-0.39, 0.29) is 0 Å². The molecule has 0 bridgehead atoms. The minimum atomic E-state index is 0.783. The minimum Gasteiger partial charge on any atom is -0.494 e. The van der Waals surface area contributed by atoms with Gasteiger partial charge in [-0.2, -0.15) is 0 Å². The van der Waals surface area contributed by atoms with Crippen LogP contribution in [0.5, 0.6) is 5.75 Å². The quantitative estimate of drug-likeness (QED) is 0.227. The lowest BCUT2D eigenvalue weighted by molar-refractivity contribution is 0.190. The molecule has 1 saturated carbocycles. The summed E-state index contributed by atoms with van der Waals surface area (Å²) in [5.74, 6) is 3.64. The summed E-state index contributed by atoms with van der Waals surface area (Å²) < 4.78 is 6.11. The maximum atomic E-state index is 6.11. The standard InChI is InChI=1S/C33H44N2O/c1-3-5-6-11-27-12-7-8-13-28(27)14-9-23-36-32-21-19-30(20-22-32)29-15-17-31(18-16-29)33-34-24-26(10-4-2)25-35-33/h15-22,24-25,27-28H,3-14,23H2,1-2H3. The van der Waals surface area contributed by atoms with Crippen LogP contribution in [0.3, 0.4) is 0 Å². The topological polar surface area (TPSA) is 35.0 Å². The summed E-state index contributed by atoms with van der Waals surface area (Å²) in [6.07, 6.45) is 19.9. The highest BCUT2D eigenvalue weighted by Gasteiger charge is 2.24. The van der Waals surface area contributed by atoms with Gasteiger partial charge in [0.1, 0.15) is 5.75 Å². The summed E-state index contributed by atoms with van der Waals surface area (Å²) in [5.41, 5.74) is 4.64. The lowest BCUT2D eigenvalue weighted by atomic mass is 9.74. The molecule has 1 heterocycles. The Morgan fingerprint density at radius 2 is 1.28 bits per heavy atom. The van der Waals surface area contributed by atoms with Crippen LogP contribution in [0, 0.1) is 11.8 Å². The Labute approximate surface area is 218 Å². The monoisotopic (exact) mass is 484 g/mol. The first-order chi connectivity index (χ1) is 17.8. The molecule has 0 amide bonds. The number of aryl methyl sites for hydroxylation is 1. The fraction of sp³-hybridized carbons (Fsp3) is 0.515. The van der Waals surface area contributed by atoms with E-state index in [0.29, 0.717) is 0 Å². The van der Waals surface area contributed by atoms with Crippen LogP contribution in [-0.2, 0) is 6.42 Å². The minimum absolute atomic E-state index is 0.783. The van der Waals surface area contributed by atoms with Gasteiger partial charge in [-0.05, 0) is 59.9 Å². The van der Waals surface area contributed by atoms with Gasteiger partial charge in [0.15, 0.2) is 5.82 Å². The van der Waals surface area contributed by atoms with E-state index in [4.69, 9.17) is 4.74 Å². The molecule has 3 aromatic rings. The number of benzene rings is 2. The summed E-state index contributed by atoms with van der Waals surface area (Å²) in [6, 6.07) is 17.0. The first-order valence-electron chi connectivity index (χ1n) is 14.4. The summed E-state index contributed by atoms with van der Waals surface area (Å²) in [6.45, 7) is 5.30. The number of hydrogen-bond acceptors (Lipinski definition) is 3. The van der Waals surface area contributed by atoms with Crippen LogP contribution in [0.1, 0.15) is 90.0 Å². The van der Waals surface area contributed by atoms with Crippen molar-refractivity contribution >= 4 is 0 Å². The Morgan fingerprint density at radius 1 is 0.694 bits per heavy atom. The van der Waals surface area contributed by atoms with E-state index in [1.165, 1.54) is 80.9 Å². The van der Waals surface area contributed by atoms with Crippen molar-refractivity contribution in [2.75, 3.05) is 6.61 Å². The molecule has 0 radical (unpaired) electrons. The van der Waals surface area contributed by atoms with Gasteiger partial charge >= 0.3 is 0 Å². The van der Waals surface area contributed by atoms with Crippen LogP contribution in [0.25, 0.3) is 22.5 Å². The molecule has 0 N–H and O–H groups in total. The molecule has 1 aliphatic rings. The third kappa shape index (κ3) is 7.66. The lowest BCUT2D eigenvalue weighted by Gasteiger charge is -2.31. The van der Waals surface area contributed by atoms with Gasteiger partial charge in [0.25, 0.3) is 0 Å². The average Bonchev–Trinajstić information content (AvgIpc) is 2.93. The summed E-state index contributed by atoms with van der Waals surface area (Å²) in [7, 11) is 0. The molecule has 0 spiro atoms. The van der Waals surface area contributed by atoms with Crippen LogP contribution in [0.4, 0.5) is 0 Å². The third-order valence-corrected chi connectivity index (χ3v) is 7.81. The maximum absolute atomic E-state index is 6.11. The number of rotatable bonds is 13. The summed E-state index contributed by atoms with van der Waals surface area (Å²) in [4.78, 5) is 9.08. The smallest absolute Gasteiger partial charge is 0.159 e. The molecule has 3 heteroatoms. The molecule has 0 aliphatic heterocycles. The average molecular weight is 485 g/mol. The lowest BCUT2D eigenvalue weighted by Crippen LogP contribution is -2.20. The highest BCUT2D eigenvalue weighted by molar-refractivity contribution is 5.68. The number of ether oxygens (including phenoxy) is 1. The second-order valence-electron chi connectivity index (χ2n) is 10.6. The normalized spacial score (nSPS) is 17.7. The Morgan fingerprint density at radius 3 is 1.89 bits per heavy atom. The fourth-order valence-corrected chi connectivity index (χ4v) is 5.71. The van der Waals surface area contributed by atoms with Gasteiger partial charge in [0, 0.05) is 18.0 Å². The van der Waals surface area contributed by atoms with Crippen LogP contribution in [-0.4, -0.2) is 16.6 Å². The number of aromatic nitrogens is 2. The van der Waals surface area contributed by atoms with Crippen LogP contribution in [0.15, 0.2) is 60.9 Å². The van der Waals surface area contributed by atoms with E-state index in [0.717, 1.165) is 48.4 Å². The molecule has 3 nitrogen and oxygen atoms in total. The van der Waals surface area contributed by atoms with E-state index in [2.05, 4.69) is 72.3 Å². The Kier molecular flexibility index (Phi) is 10.4. The molecule has 0 saturated heterocycles. The van der Waals surface area contributed by atoms with Gasteiger partial charge in [-0.15, -0.1) is 0 Å². The number of hydrogen-bond donors (Lipinski definition) is 0. The van der Waals surface area contributed by atoms with Gasteiger partial charge in [0.05, 0.1) is 6.61 Å². The van der Waals surface area contributed by atoms with Crippen molar-refractivity contribution in [2.24, 2.45) is 11.8 Å². The maximum Gasteiger partial charge on any atom is 0.159 e. The van der Waals surface area contributed by atoms with E-state index in [9.17, 15) is 0 Å². The largest absolute Gasteiger partial charge is 0.494 e. The zero-order valence-electron chi connectivity index (χ0n) is 22.4. The zero-order valence-corrected chi connectivity index (χ0v) is 22.4. The van der Waals surface area contributed by atoms with Gasteiger partial charge in [-0.3, -0.25) is 0 Å². The molecule has 192 valence electrons. The molecular weight excluding hydrogens is 440 g/mol. The summed E-state index contributed by atoms with van der Waals surface area (Å²) in [5, 5.41) is 0. The highest BCUT2D eigenvalue weighted by Crippen LogP contribution is 2.36.